The molecule has 0 spiro atoms. The number of nitrogens with one attached hydrogen (secondary N) is 1. The fraction of sp³-hybridized carbons (Fsp3) is 0.462. The summed E-state index contributed by atoms with van der Waals surface area (Å²) in [4.78, 5) is 12.0. The Hall–Kier alpha value is -1.75. The third-order valence-corrected chi connectivity index (χ3v) is 3.12. The van der Waals surface area contributed by atoms with E-state index in [1.165, 1.54) is 18.2 Å². The predicted octanol–water partition coefficient (Wildman–Crippen LogP) is 1.35. The van der Waals surface area contributed by atoms with E-state index in [1.807, 2.05) is 13.8 Å². The topological polar surface area (TPSA) is 95.6 Å². The lowest BCUT2D eigenvalue weighted by molar-refractivity contribution is 0.0897. The molecular weight excluding hydrogens is 232 g/mol. The number of nitrogens with two attached hydrogens (primary N) is 1. The van der Waals surface area contributed by atoms with Crippen LogP contribution in [0.25, 0.3) is 0 Å². The summed E-state index contributed by atoms with van der Waals surface area (Å²) in [5.41, 5.74) is 5.17. The number of rotatable bonds is 5. The molecule has 1 aromatic rings. The van der Waals surface area contributed by atoms with E-state index in [-0.39, 0.29) is 17.1 Å². The van der Waals surface area contributed by atoms with Gasteiger partial charge in [0.1, 0.15) is 11.5 Å². The number of amides is 1. The molecule has 0 aliphatic rings. The van der Waals surface area contributed by atoms with Gasteiger partial charge < -0.3 is 21.3 Å². The van der Waals surface area contributed by atoms with Crippen LogP contribution in [0.5, 0.6) is 11.5 Å². The van der Waals surface area contributed by atoms with Crippen LogP contribution in [0.3, 0.4) is 0 Å². The third-order valence-electron chi connectivity index (χ3n) is 3.12. The summed E-state index contributed by atoms with van der Waals surface area (Å²) in [6, 6.07) is 3.85. The summed E-state index contributed by atoms with van der Waals surface area (Å²) >= 11 is 0. The second kappa shape index (κ2) is 5.73. The van der Waals surface area contributed by atoms with E-state index in [1.54, 1.807) is 0 Å². The Morgan fingerprint density at radius 3 is 2.67 bits per heavy atom. The van der Waals surface area contributed by atoms with Crippen LogP contribution in [0.4, 0.5) is 0 Å². The quantitative estimate of drug-likeness (QED) is 0.595. The standard InChI is InChI=1S/C13H20N2O3/c1-3-13(2,6-7-14)15-12(18)10-8-9(16)4-5-11(10)17/h4-5,8,16-17H,3,6-7,14H2,1-2H3,(H,15,18). The van der Waals surface area contributed by atoms with Crippen molar-refractivity contribution in [3.63, 3.8) is 0 Å². The number of hydrogen-bond donors (Lipinski definition) is 4. The minimum absolute atomic E-state index is 0.0602. The average Bonchev–Trinajstić information content (AvgIpc) is 2.32. The van der Waals surface area contributed by atoms with Crippen molar-refractivity contribution < 1.29 is 15.0 Å². The average molecular weight is 252 g/mol. The molecule has 5 heteroatoms. The van der Waals surface area contributed by atoms with E-state index >= 15 is 0 Å². The molecule has 0 saturated heterocycles. The number of aromatic hydroxyl groups is 2. The van der Waals surface area contributed by atoms with Crippen molar-refractivity contribution >= 4 is 5.91 Å². The summed E-state index contributed by atoms with van der Waals surface area (Å²) in [6.45, 7) is 4.33. The molecule has 0 bridgehead atoms. The van der Waals surface area contributed by atoms with Crippen molar-refractivity contribution in [2.24, 2.45) is 5.73 Å². The van der Waals surface area contributed by atoms with Gasteiger partial charge in [-0.1, -0.05) is 6.92 Å². The molecule has 0 heterocycles. The Morgan fingerprint density at radius 1 is 1.44 bits per heavy atom. The minimum Gasteiger partial charge on any atom is -0.508 e. The number of carbonyl (C=O) groups excluding carboxylic acids is 1. The third kappa shape index (κ3) is 3.37. The van der Waals surface area contributed by atoms with Crippen LogP contribution in [0.2, 0.25) is 0 Å². The molecular formula is C13H20N2O3. The van der Waals surface area contributed by atoms with Crippen molar-refractivity contribution in [2.75, 3.05) is 6.54 Å². The Balaban J connectivity index is 2.90. The molecule has 0 radical (unpaired) electrons. The molecule has 0 aliphatic carbocycles. The first-order chi connectivity index (χ1) is 8.41. The van der Waals surface area contributed by atoms with E-state index in [2.05, 4.69) is 5.32 Å². The number of phenolic OH excluding ortho intramolecular Hbond substituents is 2. The van der Waals surface area contributed by atoms with Gasteiger partial charge >= 0.3 is 0 Å². The molecule has 0 aromatic heterocycles. The van der Waals surface area contributed by atoms with E-state index in [9.17, 15) is 15.0 Å². The summed E-state index contributed by atoms with van der Waals surface area (Å²) in [7, 11) is 0. The molecule has 1 rings (SSSR count). The molecule has 0 saturated carbocycles. The maximum Gasteiger partial charge on any atom is 0.255 e. The van der Waals surface area contributed by atoms with Crippen LogP contribution < -0.4 is 11.1 Å². The van der Waals surface area contributed by atoms with Gasteiger partial charge in [0.05, 0.1) is 5.56 Å². The lowest BCUT2D eigenvalue weighted by Gasteiger charge is -2.29. The van der Waals surface area contributed by atoms with E-state index < -0.39 is 11.4 Å². The number of benzene rings is 1. The molecule has 18 heavy (non-hydrogen) atoms. The molecule has 5 N–H and O–H groups in total. The summed E-state index contributed by atoms with van der Waals surface area (Å²) in [5.74, 6) is -0.632. The largest absolute Gasteiger partial charge is 0.508 e. The van der Waals surface area contributed by atoms with Gasteiger partial charge in [0.25, 0.3) is 5.91 Å². The van der Waals surface area contributed by atoms with Crippen molar-refractivity contribution in [3.05, 3.63) is 23.8 Å². The molecule has 0 fully saturated rings. The first kappa shape index (κ1) is 14.3. The van der Waals surface area contributed by atoms with Gasteiger partial charge in [0, 0.05) is 5.54 Å². The predicted molar refractivity (Wildman–Crippen MR) is 69.6 cm³/mol. The van der Waals surface area contributed by atoms with Crippen molar-refractivity contribution in [3.8, 4) is 11.5 Å². The van der Waals surface area contributed by atoms with Crippen LogP contribution in [0, 0.1) is 0 Å². The summed E-state index contributed by atoms with van der Waals surface area (Å²) < 4.78 is 0. The van der Waals surface area contributed by atoms with E-state index in [0.717, 1.165) is 6.42 Å². The first-order valence-electron chi connectivity index (χ1n) is 5.96. The zero-order chi connectivity index (χ0) is 13.8. The van der Waals surface area contributed by atoms with Crippen LogP contribution in [0.1, 0.15) is 37.0 Å². The number of carbonyl (C=O) groups is 1. The molecule has 1 amide bonds. The first-order valence-corrected chi connectivity index (χ1v) is 5.96. The Labute approximate surface area is 107 Å². The molecule has 0 aliphatic heterocycles. The van der Waals surface area contributed by atoms with E-state index in [4.69, 9.17) is 5.73 Å². The van der Waals surface area contributed by atoms with Gasteiger partial charge in [-0.15, -0.1) is 0 Å². The second-order valence-electron chi connectivity index (χ2n) is 4.61. The molecule has 1 atom stereocenters. The minimum atomic E-state index is -0.416. The zero-order valence-corrected chi connectivity index (χ0v) is 10.7. The highest BCUT2D eigenvalue weighted by atomic mass is 16.3. The highest BCUT2D eigenvalue weighted by Crippen LogP contribution is 2.23. The molecule has 1 aromatic carbocycles. The van der Waals surface area contributed by atoms with Gasteiger partial charge in [0.15, 0.2) is 0 Å². The summed E-state index contributed by atoms with van der Waals surface area (Å²) in [5, 5.41) is 21.8. The molecule has 5 nitrogen and oxygen atoms in total. The highest BCUT2D eigenvalue weighted by Gasteiger charge is 2.25. The smallest absolute Gasteiger partial charge is 0.255 e. The zero-order valence-electron chi connectivity index (χ0n) is 10.7. The monoisotopic (exact) mass is 252 g/mol. The SMILES string of the molecule is CCC(C)(CCN)NC(=O)c1cc(O)ccc1O. The maximum atomic E-state index is 12.0. The fourth-order valence-electron chi connectivity index (χ4n) is 1.69. The lowest BCUT2D eigenvalue weighted by Crippen LogP contribution is -2.46. The molecule has 100 valence electrons. The summed E-state index contributed by atoms with van der Waals surface area (Å²) in [6.07, 6.45) is 1.38. The van der Waals surface area contributed by atoms with Gasteiger partial charge in [-0.05, 0) is 44.5 Å². The highest BCUT2D eigenvalue weighted by molar-refractivity contribution is 5.97. The van der Waals surface area contributed by atoms with Crippen molar-refractivity contribution in [2.45, 2.75) is 32.2 Å². The van der Waals surface area contributed by atoms with Crippen molar-refractivity contribution in [1.29, 1.82) is 0 Å². The maximum absolute atomic E-state index is 12.0. The Morgan fingerprint density at radius 2 is 2.11 bits per heavy atom. The van der Waals surface area contributed by atoms with Crippen LogP contribution in [0.15, 0.2) is 18.2 Å². The van der Waals surface area contributed by atoms with Crippen LogP contribution >= 0.6 is 0 Å². The normalized spacial score (nSPS) is 13.9. The Bertz CT molecular complexity index is 434. The van der Waals surface area contributed by atoms with Gasteiger partial charge in [0.2, 0.25) is 0 Å². The lowest BCUT2D eigenvalue weighted by atomic mass is 9.94. The molecule has 1 unspecified atom stereocenters. The van der Waals surface area contributed by atoms with Gasteiger partial charge in [-0.2, -0.15) is 0 Å². The fourth-order valence-corrected chi connectivity index (χ4v) is 1.69. The van der Waals surface area contributed by atoms with Crippen LogP contribution in [-0.4, -0.2) is 28.2 Å². The second-order valence-corrected chi connectivity index (χ2v) is 4.61. The number of phenols is 2. The van der Waals surface area contributed by atoms with Gasteiger partial charge in [-0.25, -0.2) is 0 Å². The van der Waals surface area contributed by atoms with Crippen molar-refractivity contribution in [1.82, 2.24) is 5.32 Å². The van der Waals surface area contributed by atoms with E-state index in [0.29, 0.717) is 13.0 Å². The van der Waals surface area contributed by atoms with Gasteiger partial charge in [-0.3, -0.25) is 4.79 Å². The number of hydrogen-bond acceptors (Lipinski definition) is 4. The van der Waals surface area contributed by atoms with Crippen LogP contribution in [-0.2, 0) is 0 Å². The Kier molecular flexibility index (Phi) is 4.55.